The predicted octanol–water partition coefficient (Wildman–Crippen LogP) is 5.09. The number of fused-ring (bicyclic) bond motifs is 2. The van der Waals surface area contributed by atoms with Crippen molar-refractivity contribution in [3.05, 3.63) is 51.5 Å². The van der Waals surface area contributed by atoms with Gasteiger partial charge < -0.3 is 14.8 Å². The minimum atomic E-state index is -0.218. The molecule has 0 bridgehead atoms. The molecular formula is C21H24Cl2N2O2. The van der Waals surface area contributed by atoms with Crippen LogP contribution in [0, 0.1) is 0 Å². The number of hydrogen-bond donors (Lipinski definition) is 1. The lowest BCUT2D eigenvalue weighted by Gasteiger charge is -2.36. The minimum Gasteiger partial charge on any atom is -0.492 e. The van der Waals surface area contributed by atoms with Gasteiger partial charge in [-0.3, -0.25) is 4.90 Å². The van der Waals surface area contributed by atoms with E-state index in [1.807, 2.05) is 12.1 Å². The van der Waals surface area contributed by atoms with E-state index in [4.69, 9.17) is 32.7 Å². The molecule has 2 aliphatic rings. The highest BCUT2D eigenvalue weighted by atomic mass is 35.5. The highest BCUT2D eigenvalue weighted by molar-refractivity contribution is 6.36. The number of benzene rings is 2. The fourth-order valence-corrected chi connectivity index (χ4v) is 4.70. The van der Waals surface area contributed by atoms with Gasteiger partial charge in [-0.25, -0.2) is 0 Å². The van der Waals surface area contributed by atoms with Crippen LogP contribution in [0.3, 0.4) is 0 Å². The lowest BCUT2D eigenvalue weighted by molar-refractivity contribution is 0.0322. The van der Waals surface area contributed by atoms with Gasteiger partial charge in [0.25, 0.3) is 0 Å². The van der Waals surface area contributed by atoms with Gasteiger partial charge in [0.1, 0.15) is 12.4 Å². The zero-order chi connectivity index (χ0) is 19.0. The van der Waals surface area contributed by atoms with E-state index in [0.717, 1.165) is 55.5 Å². The van der Waals surface area contributed by atoms with Gasteiger partial charge in [0, 0.05) is 58.1 Å². The van der Waals surface area contributed by atoms with Crippen molar-refractivity contribution in [3.63, 3.8) is 0 Å². The summed E-state index contributed by atoms with van der Waals surface area (Å²) in [6.45, 7) is 9.51. The molecule has 4 nitrogen and oxygen atoms in total. The first-order valence-electron chi connectivity index (χ1n) is 9.29. The number of morpholine rings is 1. The zero-order valence-electron chi connectivity index (χ0n) is 15.6. The molecular weight excluding hydrogens is 383 g/mol. The standard InChI is InChI=1S/C21H24Cl2N2O2/c1-21(2)16-4-3-15(27-10-7-25-5-8-26-9-6-25)13-18(16)24-19-12-14(22)11-17(23)20(19)21/h3-4,11-13,24H,5-10H2,1-2H3. The van der Waals surface area contributed by atoms with Crippen LogP contribution in [0.2, 0.25) is 10.0 Å². The number of hydrogen-bond acceptors (Lipinski definition) is 4. The summed E-state index contributed by atoms with van der Waals surface area (Å²) in [6.07, 6.45) is 0. The molecule has 4 rings (SSSR count). The van der Waals surface area contributed by atoms with Gasteiger partial charge in [0.05, 0.1) is 13.2 Å². The van der Waals surface area contributed by atoms with E-state index >= 15 is 0 Å². The molecule has 0 atom stereocenters. The lowest BCUT2D eigenvalue weighted by Crippen LogP contribution is -2.38. The first-order chi connectivity index (χ1) is 12.9. The number of ether oxygens (including phenoxy) is 2. The lowest BCUT2D eigenvalue weighted by atomic mass is 9.74. The second-order valence-electron chi connectivity index (χ2n) is 7.57. The molecule has 1 saturated heterocycles. The molecule has 0 spiro atoms. The molecule has 6 heteroatoms. The Labute approximate surface area is 170 Å². The minimum absolute atomic E-state index is 0.218. The highest BCUT2D eigenvalue weighted by Crippen LogP contribution is 2.49. The molecule has 0 aliphatic carbocycles. The topological polar surface area (TPSA) is 33.7 Å². The SMILES string of the molecule is CC1(C)c2ccc(OCCN3CCOCC3)cc2Nc2cc(Cl)cc(Cl)c21. The number of halogens is 2. The third-order valence-corrected chi connectivity index (χ3v) is 5.91. The van der Waals surface area contributed by atoms with Gasteiger partial charge in [-0.15, -0.1) is 0 Å². The average molecular weight is 407 g/mol. The molecule has 2 aromatic rings. The number of anilines is 2. The van der Waals surface area contributed by atoms with Crippen LogP contribution < -0.4 is 10.1 Å². The van der Waals surface area contributed by atoms with Crippen molar-refractivity contribution in [1.29, 1.82) is 0 Å². The number of rotatable bonds is 4. The number of nitrogens with zero attached hydrogens (tertiary/aromatic N) is 1. The Hall–Kier alpha value is -1.46. The predicted molar refractivity (Wildman–Crippen MR) is 111 cm³/mol. The van der Waals surface area contributed by atoms with E-state index < -0.39 is 0 Å². The Kier molecular flexibility index (Phi) is 5.26. The Morgan fingerprint density at radius 2 is 1.89 bits per heavy atom. The third-order valence-electron chi connectivity index (χ3n) is 5.39. The fraction of sp³-hybridized carbons (Fsp3) is 0.429. The van der Waals surface area contributed by atoms with Crippen LogP contribution in [0.5, 0.6) is 5.75 Å². The third kappa shape index (κ3) is 3.77. The average Bonchev–Trinajstić information content (AvgIpc) is 2.61. The molecule has 2 heterocycles. The van der Waals surface area contributed by atoms with E-state index in [0.29, 0.717) is 16.7 Å². The molecule has 2 aromatic carbocycles. The van der Waals surface area contributed by atoms with Gasteiger partial charge in [-0.2, -0.15) is 0 Å². The summed E-state index contributed by atoms with van der Waals surface area (Å²) >= 11 is 12.7. The van der Waals surface area contributed by atoms with Crippen molar-refractivity contribution >= 4 is 34.6 Å². The molecule has 1 fully saturated rings. The van der Waals surface area contributed by atoms with Crippen LogP contribution in [0.15, 0.2) is 30.3 Å². The molecule has 0 aromatic heterocycles. The van der Waals surface area contributed by atoms with Crippen LogP contribution in [0.25, 0.3) is 0 Å². The summed E-state index contributed by atoms with van der Waals surface area (Å²) in [5, 5.41) is 4.80. The normalized spacial score (nSPS) is 18.4. The summed E-state index contributed by atoms with van der Waals surface area (Å²) in [5.74, 6) is 0.863. The quantitative estimate of drug-likeness (QED) is 0.766. The van der Waals surface area contributed by atoms with Gasteiger partial charge in [-0.1, -0.05) is 43.1 Å². The van der Waals surface area contributed by atoms with Crippen LogP contribution >= 0.6 is 23.2 Å². The summed E-state index contributed by atoms with van der Waals surface area (Å²) in [7, 11) is 0. The zero-order valence-corrected chi connectivity index (χ0v) is 17.2. The molecule has 0 saturated carbocycles. The maximum absolute atomic E-state index is 6.51. The van der Waals surface area contributed by atoms with E-state index in [1.54, 1.807) is 6.07 Å². The van der Waals surface area contributed by atoms with Gasteiger partial charge >= 0.3 is 0 Å². The Morgan fingerprint density at radius 1 is 1.11 bits per heavy atom. The van der Waals surface area contributed by atoms with Crippen LogP contribution in [0.4, 0.5) is 11.4 Å². The van der Waals surface area contributed by atoms with Crippen molar-refractivity contribution in [2.24, 2.45) is 0 Å². The Morgan fingerprint density at radius 3 is 2.67 bits per heavy atom. The molecule has 2 aliphatic heterocycles. The van der Waals surface area contributed by atoms with Crippen molar-refractivity contribution in [2.75, 3.05) is 44.8 Å². The van der Waals surface area contributed by atoms with Gasteiger partial charge in [0.2, 0.25) is 0 Å². The van der Waals surface area contributed by atoms with Gasteiger partial charge in [0.15, 0.2) is 0 Å². The Balaban J connectivity index is 1.52. The first-order valence-corrected chi connectivity index (χ1v) is 10.0. The second kappa shape index (κ2) is 7.51. The molecule has 144 valence electrons. The van der Waals surface area contributed by atoms with Gasteiger partial charge in [-0.05, 0) is 23.8 Å². The van der Waals surface area contributed by atoms with E-state index in [9.17, 15) is 0 Å². The van der Waals surface area contributed by atoms with E-state index in [1.165, 1.54) is 5.56 Å². The maximum atomic E-state index is 6.51. The summed E-state index contributed by atoms with van der Waals surface area (Å²) in [4.78, 5) is 2.36. The largest absolute Gasteiger partial charge is 0.492 e. The highest BCUT2D eigenvalue weighted by Gasteiger charge is 2.35. The van der Waals surface area contributed by atoms with Crippen molar-refractivity contribution in [1.82, 2.24) is 4.90 Å². The summed E-state index contributed by atoms with van der Waals surface area (Å²) < 4.78 is 11.4. The Bertz CT molecular complexity index is 848. The van der Waals surface area contributed by atoms with Crippen LogP contribution in [-0.4, -0.2) is 44.4 Å². The smallest absolute Gasteiger partial charge is 0.121 e. The molecule has 0 radical (unpaired) electrons. The van der Waals surface area contributed by atoms with E-state index in [-0.39, 0.29) is 5.41 Å². The summed E-state index contributed by atoms with van der Waals surface area (Å²) in [5.41, 5.74) is 4.04. The monoisotopic (exact) mass is 406 g/mol. The van der Waals surface area contributed by atoms with Crippen LogP contribution in [0.1, 0.15) is 25.0 Å². The maximum Gasteiger partial charge on any atom is 0.121 e. The molecule has 0 amide bonds. The molecule has 0 unspecified atom stereocenters. The first kappa shape index (κ1) is 18.9. The second-order valence-corrected chi connectivity index (χ2v) is 8.41. The van der Waals surface area contributed by atoms with Crippen LogP contribution in [-0.2, 0) is 10.2 Å². The van der Waals surface area contributed by atoms with Crippen molar-refractivity contribution in [3.8, 4) is 5.75 Å². The number of nitrogens with one attached hydrogen (secondary N) is 1. The van der Waals surface area contributed by atoms with Crippen molar-refractivity contribution < 1.29 is 9.47 Å². The fourth-order valence-electron chi connectivity index (χ4n) is 3.97. The summed E-state index contributed by atoms with van der Waals surface area (Å²) in [6, 6.07) is 9.96. The molecule has 27 heavy (non-hydrogen) atoms. The van der Waals surface area contributed by atoms with E-state index in [2.05, 4.69) is 36.2 Å². The van der Waals surface area contributed by atoms with Crippen molar-refractivity contribution in [2.45, 2.75) is 19.3 Å². The molecule has 1 N–H and O–H groups in total.